The maximum absolute atomic E-state index is 12.3. The van der Waals surface area contributed by atoms with E-state index in [1.807, 2.05) is 50.4 Å². The van der Waals surface area contributed by atoms with Gasteiger partial charge in [-0.3, -0.25) is 14.2 Å². The SMILES string of the molecule is CC(C)n1cc(NC(=O)c2cnn(Cc3ccccc3)c2)cn1. The fourth-order valence-corrected chi connectivity index (χ4v) is 2.23. The number of nitrogens with zero attached hydrogens (tertiary/aromatic N) is 4. The van der Waals surface area contributed by atoms with E-state index in [9.17, 15) is 4.79 Å². The van der Waals surface area contributed by atoms with Gasteiger partial charge in [-0.2, -0.15) is 10.2 Å². The summed E-state index contributed by atoms with van der Waals surface area (Å²) in [5, 5.41) is 11.3. The van der Waals surface area contributed by atoms with Crippen LogP contribution in [0.3, 0.4) is 0 Å². The molecule has 23 heavy (non-hydrogen) atoms. The highest BCUT2D eigenvalue weighted by molar-refractivity contribution is 6.03. The summed E-state index contributed by atoms with van der Waals surface area (Å²) < 4.78 is 3.55. The normalized spacial score (nSPS) is 10.9. The van der Waals surface area contributed by atoms with Gasteiger partial charge in [-0.15, -0.1) is 0 Å². The van der Waals surface area contributed by atoms with Gasteiger partial charge in [-0.05, 0) is 19.4 Å². The number of hydrogen-bond donors (Lipinski definition) is 1. The van der Waals surface area contributed by atoms with E-state index >= 15 is 0 Å². The minimum atomic E-state index is -0.187. The highest BCUT2D eigenvalue weighted by Gasteiger charge is 2.11. The molecule has 0 saturated carbocycles. The zero-order valence-electron chi connectivity index (χ0n) is 13.2. The molecule has 0 atom stereocenters. The predicted molar refractivity (Wildman–Crippen MR) is 88.3 cm³/mol. The van der Waals surface area contributed by atoms with Crippen molar-refractivity contribution in [3.63, 3.8) is 0 Å². The summed E-state index contributed by atoms with van der Waals surface area (Å²) in [6.07, 6.45) is 6.78. The smallest absolute Gasteiger partial charge is 0.258 e. The average Bonchev–Trinajstić information content (AvgIpc) is 3.18. The second kappa shape index (κ2) is 6.48. The minimum Gasteiger partial charge on any atom is -0.319 e. The van der Waals surface area contributed by atoms with E-state index in [1.54, 1.807) is 28.0 Å². The van der Waals surface area contributed by atoms with Crippen molar-refractivity contribution in [1.29, 1.82) is 0 Å². The molecule has 0 fully saturated rings. The molecule has 6 heteroatoms. The average molecular weight is 309 g/mol. The lowest BCUT2D eigenvalue weighted by molar-refractivity contribution is 0.102. The lowest BCUT2D eigenvalue weighted by Crippen LogP contribution is -2.10. The molecule has 0 radical (unpaired) electrons. The zero-order chi connectivity index (χ0) is 16.2. The Labute approximate surface area is 134 Å². The van der Waals surface area contributed by atoms with Gasteiger partial charge in [0.2, 0.25) is 0 Å². The maximum Gasteiger partial charge on any atom is 0.258 e. The van der Waals surface area contributed by atoms with Crippen molar-refractivity contribution in [2.45, 2.75) is 26.4 Å². The summed E-state index contributed by atoms with van der Waals surface area (Å²) in [6, 6.07) is 10.3. The number of carbonyl (C=O) groups is 1. The third-order valence-corrected chi connectivity index (χ3v) is 3.47. The molecule has 3 aromatic rings. The molecule has 1 aromatic carbocycles. The van der Waals surface area contributed by atoms with Gasteiger partial charge in [-0.25, -0.2) is 0 Å². The molecule has 0 aliphatic carbocycles. The van der Waals surface area contributed by atoms with Crippen LogP contribution in [0, 0.1) is 0 Å². The summed E-state index contributed by atoms with van der Waals surface area (Å²) in [5.74, 6) is -0.187. The van der Waals surface area contributed by atoms with Gasteiger partial charge >= 0.3 is 0 Å². The monoisotopic (exact) mass is 309 g/mol. The molecular formula is C17H19N5O. The molecule has 2 heterocycles. The van der Waals surface area contributed by atoms with Crippen LogP contribution in [0.5, 0.6) is 0 Å². The molecule has 6 nitrogen and oxygen atoms in total. The van der Waals surface area contributed by atoms with Crippen LogP contribution in [0.15, 0.2) is 55.1 Å². The largest absolute Gasteiger partial charge is 0.319 e. The van der Waals surface area contributed by atoms with E-state index in [1.165, 1.54) is 0 Å². The van der Waals surface area contributed by atoms with Crippen molar-refractivity contribution in [1.82, 2.24) is 19.6 Å². The van der Waals surface area contributed by atoms with E-state index in [0.29, 0.717) is 17.8 Å². The third-order valence-electron chi connectivity index (χ3n) is 3.47. The molecule has 0 aliphatic rings. The second-order valence-electron chi connectivity index (χ2n) is 5.67. The first-order valence-electron chi connectivity index (χ1n) is 7.53. The molecule has 3 rings (SSSR count). The van der Waals surface area contributed by atoms with Crippen LogP contribution in [0.2, 0.25) is 0 Å². The van der Waals surface area contributed by atoms with Crippen LogP contribution >= 0.6 is 0 Å². The quantitative estimate of drug-likeness (QED) is 0.788. The summed E-state index contributed by atoms with van der Waals surface area (Å²) in [6.45, 7) is 4.71. The van der Waals surface area contributed by atoms with Crippen LogP contribution < -0.4 is 5.32 Å². The van der Waals surface area contributed by atoms with Crippen molar-refractivity contribution in [2.24, 2.45) is 0 Å². The number of amides is 1. The molecule has 2 aromatic heterocycles. The molecule has 0 spiro atoms. The Morgan fingerprint density at radius 2 is 1.91 bits per heavy atom. The van der Waals surface area contributed by atoms with Crippen molar-refractivity contribution in [3.05, 3.63) is 66.2 Å². The molecule has 1 N–H and O–H groups in total. The van der Waals surface area contributed by atoms with Crippen molar-refractivity contribution in [2.75, 3.05) is 5.32 Å². The Kier molecular flexibility index (Phi) is 4.23. The van der Waals surface area contributed by atoms with Gasteiger partial charge < -0.3 is 5.32 Å². The number of carbonyl (C=O) groups excluding carboxylic acids is 1. The van der Waals surface area contributed by atoms with Crippen LogP contribution in [0.1, 0.15) is 35.8 Å². The summed E-state index contributed by atoms with van der Waals surface area (Å²) in [7, 11) is 0. The Morgan fingerprint density at radius 1 is 1.13 bits per heavy atom. The zero-order valence-corrected chi connectivity index (χ0v) is 13.2. The maximum atomic E-state index is 12.3. The number of hydrogen-bond acceptors (Lipinski definition) is 3. The van der Waals surface area contributed by atoms with E-state index in [2.05, 4.69) is 15.5 Å². The molecule has 118 valence electrons. The van der Waals surface area contributed by atoms with E-state index in [4.69, 9.17) is 0 Å². The molecule has 0 unspecified atom stereocenters. The van der Waals surface area contributed by atoms with Gasteiger partial charge in [0.05, 0.1) is 30.2 Å². The molecule has 0 saturated heterocycles. The lowest BCUT2D eigenvalue weighted by Gasteiger charge is -2.03. The topological polar surface area (TPSA) is 64.7 Å². The molecular weight excluding hydrogens is 290 g/mol. The second-order valence-corrected chi connectivity index (χ2v) is 5.67. The van der Waals surface area contributed by atoms with Gasteiger partial charge in [0.25, 0.3) is 5.91 Å². The van der Waals surface area contributed by atoms with Crippen molar-refractivity contribution in [3.8, 4) is 0 Å². The summed E-state index contributed by atoms with van der Waals surface area (Å²) in [5.41, 5.74) is 2.35. The van der Waals surface area contributed by atoms with Gasteiger partial charge in [0.15, 0.2) is 0 Å². The standard InChI is InChI=1S/C17H19N5O/c1-13(2)22-12-16(9-19-22)20-17(23)15-8-18-21(11-15)10-14-6-4-3-5-7-14/h3-9,11-13H,10H2,1-2H3,(H,20,23). The Bertz CT molecular complexity index is 788. The number of rotatable bonds is 5. The van der Waals surface area contributed by atoms with E-state index in [-0.39, 0.29) is 11.9 Å². The summed E-state index contributed by atoms with van der Waals surface area (Å²) >= 11 is 0. The van der Waals surface area contributed by atoms with Gasteiger partial charge in [0.1, 0.15) is 0 Å². The molecule has 0 bridgehead atoms. The minimum absolute atomic E-state index is 0.187. The van der Waals surface area contributed by atoms with E-state index < -0.39 is 0 Å². The Hall–Kier alpha value is -2.89. The number of nitrogens with one attached hydrogen (secondary N) is 1. The Morgan fingerprint density at radius 3 is 2.61 bits per heavy atom. The number of aromatic nitrogens is 4. The van der Waals surface area contributed by atoms with Crippen LogP contribution in [0.4, 0.5) is 5.69 Å². The number of anilines is 1. The van der Waals surface area contributed by atoms with E-state index in [0.717, 1.165) is 5.56 Å². The van der Waals surface area contributed by atoms with Crippen molar-refractivity contribution >= 4 is 11.6 Å². The third kappa shape index (κ3) is 3.66. The van der Waals surface area contributed by atoms with Crippen LogP contribution in [0.25, 0.3) is 0 Å². The fourth-order valence-electron chi connectivity index (χ4n) is 2.23. The van der Waals surface area contributed by atoms with Crippen LogP contribution in [-0.4, -0.2) is 25.5 Å². The first-order valence-corrected chi connectivity index (χ1v) is 7.53. The molecule has 0 aliphatic heterocycles. The molecule has 1 amide bonds. The predicted octanol–water partition coefficient (Wildman–Crippen LogP) is 2.96. The Balaban J connectivity index is 1.66. The van der Waals surface area contributed by atoms with Gasteiger partial charge in [-0.1, -0.05) is 30.3 Å². The highest BCUT2D eigenvalue weighted by atomic mass is 16.1. The fraction of sp³-hybridized carbons (Fsp3) is 0.235. The lowest BCUT2D eigenvalue weighted by atomic mass is 10.2. The van der Waals surface area contributed by atoms with Gasteiger partial charge in [0, 0.05) is 18.4 Å². The first-order chi connectivity index (χ1) is 11.1. The highest BCUT2D eigenvalue weighted by Crippen LogP contribution is 2.12. The summed E-state index contributed by atoms with van der Waals surface area (Å²) in [4.78, 5) is 12.3. The number of benzene rings is 1. The van der Waals surface area contributed by atoms with Crippen LogP contribution in [-0.2, 0) is 6.54 Å². The van der Waals surface area contributed by atoms with Crippen molar-refractivity contribution < 1.29 is 4.79 Å². The first kappa shape index (κ1) is 15.0.